The van der Waals surface area contributed by atoms with Crippen LogP contribution in [0.2, 0.25) is 0 Å². The maximum Gasteiger partial charge on any atom is 0.278 e. The molecule has 0 saturated carbocycles. The number of carbonyl (C=O) groups excluding carboxylic acids is 1. The van der Waals surface area contributed by atoms with Crippen molar-refractivity contribution in [1.29, 1.82) is 0 Å². The first-order valence-corrected chi connectivity index (χ1v) is 3.60. The van der Waals surface area contributed by atoms with Gasteiger partial charge in [0.25, 0.3) is 5.91 Å². The largest absolute Gasteiger partial charge is 0.457 e. The minimum Gasteiger partial charge on any atom is -0.457 e. The fraction of sp³-hybridized carbons (Fsp3) is 0.167. The van der Waals surface area contributed by atoms with Crippen LogP contribution in [0.4, 0.5) is 0 Å². The smallest absolute Gasteiger partial charge is 0.278 e. The molecule has 1 aromatic rings. The molecule has 1 amide bonds. The first-order valence-electron chi connectivity index (χ1n) is 2.81. The maximum absolute atomic E-state index is 10.9. The molecule has 0 atom stereocenters. The summed E-state index contributed by atoms with van der Waals surface area (Å²) in [6.07, 6.45) is 1.33. The topological polar surface area (TPSA) is 51.5 Å². The lowest BCUT2D eigenvalue weighted by molar-refractivity contribution is 0.0537. The second kappa shape index (κ2) is 3.54. The summed E-state index contributed by atoms with van der Waals surface area (Å²) >= 11 is 3.06. The third-order valence-corrected chi connectivity index (χ3v) is 1.44. The molecule has 5 heteroatoms. The highest BCUT2D eigenvalue weighted by atomic mass is 79.9. The van der Waals surface area contributed by atoms with Crippen molar-refractivity contribution in [2.75, 3.05) is 7.11 Å². The minimum absolute atomic E-state index is 0.332. The van der Waals surface area contributed by atoms with Crippen molar-refractivity contribution in [3.8, 4) is 0 Å². The SMILES string of the molecule is CONC(=O)c1coc(Br)c1. The Morgan fingerprint density at radius 3 is 3.00 bits per heavy atom. The zero-order chi connectivity index (χ0) is 8.27. The lowest BCUT2D eigenvalue weighted by Gasteiger charge is -1.95. The number of hydrogen-bond acceptors (Lipinski definition) is 3. The predicted molar refractivity (Wildman–Crippen MR) is 40.9 cm³/mol. The van der Waals surface area contributed by atoms with E-state index in [4.69, 9.17) is 4.42 Å². The summed E-state index contributed by atoms with van der Waals surface area (Å²) in [6.45, 7) is 0. The molecule has 0 fully saturated rings. The normalized spacial score (nSPS) is 9.64. The summed E-state index contributed by atoms with van der Waals surface area (Å²) in [5, 5.41) is 0. The van der Waals surface area contributed by atoms with E-state index >= 15 is 0 Å². The number of nitrogens with one attached hydrogen (secondary N) is 1. The lowest BCUT2D eigenvalue weighted by atomic mass is 10.3. The van der Waals surface area contributed by atoms with Crippen molar-refractivity contribution in [2.24, 2.45) is 0 Å². The number of rotatable bonds is 2. The molecule has 0 aliphatic rings. The Kier molecular flexibility index (Phi) is 2.67. The van der Waals surface area contributed by atoms with Crippen LogP contribution >= 0.6 is 15.9 Å². The Balaban J connectivity index is 2.69. The van der Waals surface area contributed by atoms with Gasteiger partial charge in [-0.15, -0.1) is 0 Å². The Morgan fingerprint density at radius 1 is 1.82 bits per heavy atom. The highest BCUT2D eigenvalue weighted by Crippen LogP contribution is 2.13. The van der Waals surface area contributed by atoms with Gasteiger partial charge in [0.2, 0.25) is 0 Å². The van der Waals surface area contributed by atoms with Gasteiger partial charge >= 0.3 is 0 Å². The van der Waals surface area contributed by atoms with Gasteiger partial charge in [0.05, 0.1) is 12.7 Å². The van der Waals surface area contributed by atoms with Crippen LogP contribution < -0.4 is 5.48 Å². The molecule has 11 heavy (non-hydrogen) atoms. The van der Waals surface area contributed by atoms with Crippen LogP contribution in [0.1, 0.15) is 10.4 Å². The van der Waals surface area contributed by atoms with Crippen molar-refractivity contribution >= 4 is 21.8 Å². The van der Waals surface area contributed by atoms with Crippen molar-refractivity contribution in [3.05, 3.63) is 22.6 Å². The third kappa shape index (κ3) is 2.06. The van der Waals surface area contributed by atoms with Gasteiger partial charge in [0.15, 0.2) is 4.67 Å². The quantitative estimate of drug-likeness (QED) is 0.765. The molecule has 4 nitrogen and oxygen atoms in total. The van der Waals surface area contributed by atoms with Gasteiger partial charge in [0, 0.05) is 6.07 Å². The van der Waals surface area contributed by atoms with Crippen LogP contribution in [0.25, 0.3) is 0 Å². The van der Waals surface area contributed by atoms with E-state index in [9.17, 15) is 4.79 Å². The zero-order valence-electron chi connectivity index (χ0n) is 5.76. The number of hydroxylamine groups is 1. The summed E-state index contributed by atoms with van der Waals surface area (Å²) in [6, 6.07) is 1.55. The van der Waals surface area contributed by atoms with Gasteiger partial charge in [-0.1, -0.05) is 0 Å². The standard InChI is InChI=1S/C6H6BrNO3/c1-10-8-6(9)4-2-5(7)11-3-4/h2-3H,1H3,(H,8,9). The third-order valence-electron chi connectivity index (χ3n) is 1.02. The summed E-state index contributed by atoms with van der Waals surface area (Å²) in [5.74, 6) is -0.332. The Bertz CT molecular complexity index is 258. The van der Waals surface area contributed by atoms with E-state index in [1.807, 2.05) is 0 Å². The second-order valence-corrected chi connectivity index (χ2v) is 2.56. The average Bonchev–Trinajstić information content (AvgIpc) is 2.36. The van der Waals surface area contributed by atoms with Crippen molar-refractivity contribution in [3.63, 3.8) is 0 Å². The Labute approximate surface area is 71.6 Å². The van der Waals surface area contributed by atoms with Gasteiger partial charge in [-0.2, -0.15) is 0 Å². The highest BCUT2D eigenvalue weighted by molar-refractivity contribution is 9.10. The summed E-state index contributed by atoms with van der Waals surface area (Å²) in [7, 11) is 1.37. The molecule has 0 bridgehead atoms. The molecular formula is C6H6BrNO3. The fourth-order valence-electron chi connectivity index (χ4n) is 0.581. The predicted octanol–water partition coefficient (Wildman–Crippen LogP) is 1.33. The van der Waals surface area contributed by atoms with Gasteiger partial charge in [-0.05, 0) is 15.9 Å². The number of amides is 1. The van der Waals surface area contributed by atoms with E-state index in [2.05, 4.69) is 26.2 Å². The summed E-state index contributed by atoms with van der Waals surface area (Å²) in [4.78, 5) is 15.4. The van der Waals surface area contributed by atoms with Crippen LogP contribution in [0.3, 0.4) is 0 Å². The number of halogens is 1. The van der Waals surface area contributed by atoms with E-state index < -0.39 is 0 Å². The fourth-order valence-corrected chi connectivity index (χ4v) is 0.921. The number of hydrogen-bond donors (Lipinski definition) is 1. The molecule has 0 unspecified atom stereocenters. The lowest BCUT2D eigenvalue weighted by Crippen LogP contribution is -2.20. The molecule has 1 aromatic heterocycles. The molecule has 0 radical (unpaired) electrons. The maximum atomic E-state index is 10.9. The first-order chi connectivity index (χ1) is 5.24. The zero-order valence-corrected chi connectivity index (χ0v) is 7.34. The van der Waals surface area contributed by atoms with Crippen molar-refractivity contribution in [1.82, 2.24) is 5.48 Å². The molecule has 0 spiro atoms. The number of furan rings is 1. The average molecular weight is 220 g/mol. The molecule has 0 saturated heterocycles. The van der Waals surface area contributed by atoms with E-state index in [-0.39, 0.29) is 5.91 Å². The van der Waals surface area contributed by atoms with Crippen LogP contribution in [0, 0.1) is 0 Å². The minimum atomic E-state index is -0.332. The van der Waals surface area contributed by atoms with Gasteiger partial charge < -0.3 is 4.42 Å². The Morgan fingerprint density at radius 2 is 2.55 bits per heavy atom. The summed E-state index contributed by atoms with van der Waals surface area (Å²) in [5.41, 5.74) is 2.57. The van der Waals surface area contributed by atoms with Gasteiger partial charge in [-0.25, -0.2) is 5.48 Å². The molecule has 0 aromatic carbocycles. The molecule has 0 aliphatic heterocycles. The van der Waals surface area contributed by atoms with Crippen LogP contribution in [0.15, 0.2) is 21.4 Å². The molecule has 1 rings (SSSR count). The van der Waals surface area contributed by atoms with Crippen LogP contribution in [-0.4, -0.2) is 13.0 Å². The number of carbonyl (C=O) groups is 1. The molecule has 1 heterocycles. The van der Waals surface area contributed by atoms with Crippen molar-refractivity contribution < 1.29 is 14.0 Å². The summed E-state index contributed by atoms with van der Waals surface area (Å²) < 4.78 is 5.34. The molecule has 1 N–H and O–H groups in total. The molecule has 60 valence electrons. The van der Waals surface area contributed by atoms with Crippen LogP contribution in [0.5, 0.6) is 0 Å². The van der Waals surface area contributed by atoms with Gasteiger partial charge in [-0.3, -0.25) is 9.63 Å². The highest BCUT2D eigenvalue weighted by Gasteiger charge is 2.07. The first kappa shape index (κ1) is 8.29. The van der Waals surface area contributed by atoms with E-state index in [0.717, 1.165) is 0 Å². The molecule has 0 aliphatic carbocycles. The van der Waals surface area contributed by atoms with E-state index in [1.54, 1.807) is 6.07 Å². The van der Waals surface area contributed by atoms with Gasteiger partial charge in [0.1, 0.15) is 6.26 Å². The van der Waals surface area contributed by atoms with E-state index in [0.29, 0.717) is 10.2 Å². The molecular weight excluding hydrogens is 214 g/mol. The Hall–Kier alpha value is -0.810. The van der Waals surface area contributed by atoms with E-state index in [1.165, 1.54) is 13.4 Å². The monoisotopic (exact) mass is 219 g/mol. The van der Waals surface area contributed by atoms with Crippen LogP contribution in [-0.2, 0) is 4.84 Å². The second-order valence-electron chi connectivity index (χ2n) is 1.77. The van der Waals surface area contributed by atoms with Crippen molar-refractivity contribution in [2.45, 2.75) is 0 Å².